The minimum absolute atomic E-state index is 0.00463. The minimum Gasteiger partial charge on any atom is -0.504 e. The Balaban J connectivity index is 0.000000377. The Bertz CT molecular complexity index is 404. The lowest BCUT2D eigenvalue weighted by Crippen LogP contribution is -2.19. The smallest absolute Gasteiger partial charge is 0.273 e. The lowest BCUT2D eigenvalue weighted by atomic mass is 10.3. The molecule has 114 valence electrons. The van der Waals surface area contributed by atoms with Gasteiger partial charge in [-0.25, -0.2) is 9.97 Å². The van der Waals surface area contributed by atoms with E-state index < -0.39 is 5.91 Å². The van der Waals surface area contributed by atoms with Gasteiger partial charge in [-0.1, -0.05) is 13.8 Å². The monoisotopic (exact) mass is 282 g/mol. The number of nitrogens with one attached hydrogen (secondary N) is 1. The van der Waals surface area contributed by atoms with Gasteiger partial charge in [-0.05, 0) is 39.9 Å². The maximum Gasteiger partial charge on any atom is 0.273 e. The van der Waals surface area contributed by atoms with Crippen LogP contribution >= 0.6 is 0 Å². The highest BCUT2D eigenvalue weighted by Gasteiger charge is 2.12. The van der Waals surface area contributed by atoms with Crippen LogP contribution < -0.4 is 5.32 Å². The van der Waals surface area contributed by atoms with Crippen LogP contribution in [0.15, 0.2) is 6.33 Å². The van der Waals surface area contributed by atoms with E-state index in [9.17, 15) is 9.90 Å². The molecule has 0 saturated carbocycles. The molecule has 0 aliphatic carbocycles. The zero-order valence-corrected chi connectivity index (χ0v) is 13.1. The molecule has 1 aromatic rings. The van der Waals surface area contributed by atoms with E-state index in [1.165, 1.54) is 39.3 Å². The first kappa shape index (κ1) is 18.3. The summed E-state index contributed by atoms with van der Waals surface area (Å²) in [4.78, 5) is 20.7. The fourth-order valence-electron chi connectivity index (χ4n) is 1.63. The standard InChI is InChI=1S/C7H9N3O2.C5H11N.C2H6/c1-4-6(11)5(7(12)8-2)10-3-9-4;1-6-4-2-3-5-6;1-2/h3,11H,1-2H3,(H,8,12);2-5H2,1H3;1-2H3. The van der Waals surface area contributed by atoms with Gasteiger partial charge in [0.1, 0.15) is 6.33 Å². The van der Waals surface area contributed by atoms with E-state index in [1.807, 2.05) is 13.8 Å². The first-order chi connectivity index (χ1) is 9.56. The number of aromatic hydroxyl groups is 1. The molecule has 1 fully saturated rings. The number of likely N-dealkylation sites (tertiary alicyclic amines) is 1. The summed E-state index contributed by atoms with van der Waals surface area (Å²) in [5.74, 6) is -0.588. The molecule has 0 atom stereocenters. The molecule has 0 aromatic carbocycles. The second-order valence-corrected chi connectivity index (χ2v) is 4.25. The summed E-state index contributed by atoms with van der Waals surface area (Å²) in [6.07, 6.45) is 4.06. The zero-order valence-electron chi connectivity index (χ0n) is 13.1. The Kier molecular flexibility index (Phi) is 9.28. The molecule has 0 bridgehead atoms. The molecule has 1 aliphatic heterocycles. The summed E-state index contributed by atoms with van der Waals surface area (Å²) in [6, 6.07) is 0. The molecule has 0 unspecified atom stereocenters. The molecule has 1 saturated heterocycles. The number of hydrogen-bond acceptors (Lipinski definition) is 5. The number of nitrogens with zero attached hydrogens (tertiary/aromatic N) is 3. The number of hydrogen-bond donors (Lipinski definition) is 2. The van der Waals surface area contributed by atoms with Crippen LogP contribution in [0.3, 0.4) is 0 Å². The third-order valence-electron chi connectivity index (χ3n) is 2.78. The molecule has 0 radical (unpaired) electrons. The summed E-state index contributed by atoms with van der Waals surface area (Å²) in [5.41, 5.74) is 0.397. The largest absolute Gasteiger partial charge is 0.504 e. The highest BCUT2D eigenvalue weighted by atomic mass is 16.3. The van der Waals surface area contributed by atoms with Gasteiger partial charge >= 0.3 is 0 Å². The van der Waals surface area contributed by atoms with Crippen LogP contribution in [0.25, 0.3) is 0 Å². The molecule has 6 heteroatoms. The number of aryl methyl sites for hydroxylation is 1. The van der Waals surface area contributed by atoms with Crippen LogP contribution in [-0.4, -0.2) is 53.1 Å². The van der Waals surface area contributed by atoms with Gasteiger partial charge in [-0.3, -0.25) is 4.79 Å². The van der Waals surface area contributed by atoms with Gasteiger partial charge < -0.3 is 15.3 Å². The quantitative estimate of drug-likeness (QED) is 0.818. The predicted octanol–water partition coefficient (Wildman–Crippen LogP) is 1.59. The molecule has 1 aliphatic rings. The maximum absolute atomic E-state index is 11.0. The minimum atomic E-state index is -0.419. The second kappa shape index (κ2) is 10.1. The predicted molar refractivity (Wildman–Crippen MR) is 79.9 cm³/mol. The molecule has 1 amide bonds. The third-order valence-corrected chi connectivity index (χ3v) is 2.78. The summed E-state index contributed by atoms with van der Waals surface area (Å²) < 4.78 is 0. The van der Waals surface area contributed by atoms with Crippen molar-refractivity contribution >= 4 is 5.91 Å². The lowest BCUT2D eigenvalue weighted by Gasteiger charge is -2.02. The van der Waals surface area contributed by atoms with Crippen molar-refractivity contribution in [2.24, 2.45) is 0 Å². The molecule has 2 rings (SSSR count). The van der Waals surface area contributed by atoms with Crippen molar-refractivity contribution in [1.82, 2.24) is 20.2 Å². The molecular weight excluding hydrogens is 256 g/mol. The molecule has 1 aromatic heterocycles. The van der Waals surface area contributed by atoms with E-state index in [0.717, 1.165) is 0 Å². The molecule has 2 heterocycles. The Hall–Kier alpha value is -1.69. The molecule has 6 nitrogen and oxygen atoms in total. The van der Waals surface area contributed by atoms with Gasteiger partial charge in [0.05, 0.1) is 5.69 Å². The van der Waals surface area contributed by atoms with E-state index in [1.54, 1.807) is 6.92 Å². The fourth-order valence-corrected chi connectivity index (χ4v) is 1.63. The van der Waals surface area contributed by atoms with E-state index >= 15 is 0 Å². The highest BCUT2D eigenvalue weighted by Crippen LogP contribution is 2.15. The average molecular weight is 282 g/mol. The van der Waals surface area contributed by atoms with Crippen LogP contribution in [0.5, 0.6) is 5.75 Å². The van der Waals surface area contributed by atoms with E-state index in [0.29, 0.717) is 5.69 Å². The second-order valence-electron chi connectivity index (χ2n) is 4.25. The fraction of sp³-hybridized carbons (Fsp3) is 0.643. The number of carbonyl (C=O) groups excluding carboxylic acids is 1. The Morgan fingerprint density at radius 1 is 1.30 bits per heavy atom. The number of carbonyl (C=O) groups is 1. The molecule has 2 N–H and O–H groups in total. The van der Waals surface area contributed by atoms with Gasteiger partial charge in [-0.15, -0.1) is 0 Å². The van der Waals surface area contributed by atoms with Crippen molar-refractivity contribution < 1.29 is 9.90 Å². The third kappa shape index (κ3) is 5.97. The summed E-state index contributed by atoms with van der Waals surface area (Å²) >= 11 is 0. The van der Waals surface area contributed by atoms with Crippen molar-refractivity contribution in [3.63, 3.8) is 0 Å². The Morgan fingerprint density at radius 3 is 2.25 bits per heavy atom. The number of amides is 1. The van der Waals surface area contributed by atoms with Crippen LogP contribution in [0, 0.1) is 6.92 Å². The van der Waals surface area contributed by atoms with Crippen LogP contribution in [0.1, 0.15) is 42.9 Å². The van der Waals surface area contributed by atoms with Gasteiger partial charge in [0, 0.05) is 7.05 Å². The first-order valence-electron chi connectivity index (χ1n) is 6.97. The van der Waals surface area contributed by atoms with Gasteiger partial charge in [0.2, 0.25) is 0 Å². The average Bonchev–Trinajstić information content (AvgIpc) is 2.95. The van der Waals surface area contributed by atoms with Crippen LogP contribution in [0.4, 0.5) is 0 Å². The van der Waals surface area contributed by atoms with Crippen LogP contribution in [-0.2, 0) is 0 Å². The van der Waals surface area contributed by atoms with Crippen molar-refractivity contribution in [2.75, 3.05) is 27.2 Å². The Labute approximate surface area is 121 Å². The SMILES string of the molecule is CC.CN1CCCC1.CNC(=O)c1ncnc(C)c1O. The molecular formula is C14H26N4O2. The van der Waals surface area contributed by atoms with Gasteiger partial charge in [0.25, 0.3) is 5.91 Å². The summed E-state index contributed by atoms with van der Waals surface area (Å²) in [6.45, 7) is 8.24. The lowest BCUT2D eigenvalue weighted by molar-refractivity contribution is 0.0954. The first-order valence-corrected chi connectivity index (χ1v) is 6.97. The van der Waals surface area contributed by atoms with E-state index in [4.69, 9.17) is 0 Å². The van der Waals surface area contributed by atoms with Crippen LogP contribution in [0.2, 0.25) is 0 Å². The topological polar surface area (TPSA) is 78.4 Å². The summed E-state index contributed by atoms with van der Waals surface area (Å²) in [5, 5.41) is 11.7. The van der Waals surface area contributed by atoms with Gasteiger partial charge in [0.15, 0.2) is 11.4 Å². The van der Waals surface area contributed by atoms with Crippen molar-refractivity contribution in [3.8, 4) is 5.75 Å². The van der Waals surface area contributed by atoms with Crippen molar-refractivity contribution in [2.45, 2.75) is 33.6 Å². The molecule has 20 heavy (non-hydrogen) atoms. The summed E-state index contributed by atoms with van der Waals surface area (Å²) in [7, 11) is 3.65. The highest BCUT2D eigenvalue weighted by molar-refractivity contribution is 5.94. The van der Waals surface area contributed by atoms with E-state index in [-0.39, 0.29) is 11.4 Å². The Morgan fingerprint density at radius 2 is 1.85 bits per heavy atom. The van der Waals surface area contributed by atoms with Gasteiger partial charge in [-0.2, -0.15) is 0 Å². The maximum atomic E-state index is 11.0. The van der Waals surface area contributed by atoms with E-state index in [2.05, 4.69) is 27.2 Å². The normalized spacial score (nSPS) is 13.7. The zero-order chi connectivity index (χ0) is 15.5. The van der Waals surface area contributed by atoms with Crippen molar-refractivity contribution in [1.29, 1.82) is 0 Å². The number of rotatable bonds is 1. The van der Waals surface area contributed by atoms with Crippen molar-refractivity contribution in [3.05, 3.63) is 17.7 Å². The molecule has 0 spiro atoms. The number of aromatic nitrogens is 2.